The Morgan fingerprint density at radius 1 is 1.29 bits per heavy atom. The van der Waals surface area contributed by atoms with Gasteiger partial charge < -0.3 is 10.2 Å². The third-order valence-electron chi connectivity index (χ3n) is 3.30. The fourth-order valence-corrected chi connectivity index (χ4v) is 3.66. The molecule has 0 spiro atoms. The highest BCUT2D eigenvalue weighted by atomic mass is 32.1. The lowest BCUT2D eigenvalue weighted by molar-refractivity contribution is 0.572. The summed E-state index contributed by atoms with van der Waals surface area (Å²) in [4.78, 5) is 6.87. The minimum absolute atomic E-state index is 0.439. The van der Waals surface area contributed by atoms with Crippen LogP contribution in [0.2, 0.25) is 0 Å². The molecule has 0 radical (unpaired) electrons. The highest BCUT2D eigenvalue weighted by molar-refractivity contribution is 7.15. The quantitative estimate of drug-likeness (QED) is 0.831. The van der Waals surface area contributed by atoms with E-state index in [1.807, 2.05) is 11.3 Å². The van der Waals surface area contributed by atoms with Gasteiger partial charge in [0.1, 0.15) is 5.69 Å². The molecule has 1 aliphatic carbocycles. The highest BCUT2D eigenvalue weighted by Gasteiger charge is 2.17. The second-order valence-electron chi connectivity index (χ2n) is 4.45. The fourth-order valence-electron chi connectivity index (χ4n) is 2.39. The van der Waals surface area contributed by atoms with E-state index in [2.05, 4.69) is 11.1 Å². The van der Waals surface area contributed by atoms with Crippen molar-refractivity contribution in [2.45, 2.75) is 38.6 Å². The van der Waals surface area contributed by atoms with Gasteiger partial charge in [0, 0.05) is 11.4 Å². The largest absolute Gasteiger partial charge is 0.442 e. The molecule has 2 aromatic heterocycles. The highest BCUT2D eigenvalue weighted by Crippen LogP contribution is 2.36. The van der Waals surface area contributed by atoms with Gasteiger partial charge in [0.25, 0.3) is 0 Å². The van der Waals surface area contributed by atoms with Gasteiger partial charge in [-0.3, -0.25) is 0 Å². The van der Waals surface area contributed by atoms with Crippen LogP contribution in [0, 0.1) is 0 Å². The molecular weight excluding hydrogens is 232 g/mol. The average molecular weight is 248 g/mol. The molecule has 90 valence electrons. The smallest absolute Gasteiger partial charge is 0.181 e. The summed E-state index contributed by atoms with van der Waals surface area (Å²) >= 11 is 1.85. The zero-order valence-electron chi connectivity index (χ0n) is 9.74. The van der Waals surface area contributed by atoms with Gasteiger partial charge in [0.2, 0.25) is 0 Å². The fraction of sp³-hybridized carbons (Fsp3) is 0.462. The number of nitrogens with zero attached hydrogens (tertiary/aromatic N) is 1. The van der Waals surface area contributed by atoms with Crippen LogP contribution in [0.4, 0.5) is 0 Å². The summed E-state index contributed by atoms with van der Waals surface area (Å²) in [6, 6.07) is 2.27. The van der Waals surface area contributed by atoms with Crippen LogP contribution < -0.4 is 5.73 Å². The standard InChI is InChI=1S/C13H16N2OS/c14-7-10-13(16-8-15-10)12-6-9-4-2-1-3-5-11(9)17-12/h6,8H,1-5,7,14H2. The van der Waals surface area contributed by atoms with E-state index in [-0.39, 0.29) is 0 Å². The van der Waals surface area contributed by atoms with Crippen molar-refractivity contribution >= 4 is 11.3 Å². The number of hydrogen-bond acceptors (Lipinski definition) is 4. The first kappa shape index (κ1) is 11.0. The summed E-state index contributed by atoms with van der Waals surface area (Å²) < 4.78 is 5.47. The second kappa shape index (κ2) is 4.63. The Morgan fingerprint density at radius 2 is 2.18 bits per heavy atom. The first-order valence-corrected chi connectivity index (χ1v) is 6.94. The zero-order chi connectivity index (χ0) is 11.7. The van der Waals surface area contributed by atoms with Crippen LogP contribution in [0.3, 0.4) is 0 Å². The number of aryl methyl sites for hydroxylation is 2. The van der Waals surface area contributed by atoms with Gasteiger partial charge >= 0.3 is 0 Å². The maximum atomic E-state index is 5.66. The molecule has 2 aromatic rings. The lowest BCUT2D eigenvalue weighted by Crippen LogP contribution is -1.97. The molecule has 4 heteroatoms. The Balaban J connectivity index is 1.99. The molecular formula is C13H16N2OS. The van der Waals surface area contributed by atoms with Crippen LogP contribution in [-0.2, 0) is 19.4 Å². The van der Waals surface area contributed by atoms with Gasteiger partial charge in [-0.2, -0.15) is 0 Å². The van der Waals surface area contributed by atoms with E-state index in [1.165, 1.54) is 53.8 Å². The van der Waals surface area contributed by atoms with Crippen molar-refractivity contribution in [3.8, 4) is 10.6 Å². The predicted octanol–water partition coefficient (Wildman–Crippen LogP) is 3.13. The minimum atomic E-state index is 0.439. The predicted molar refractivity (Wildman–Crippen MR) is 69.0 cm³/mol. The molecule has 0 atom stereocenters. The van der Waals surface area contributed by atoms with Gasteiger partial charge in [0.05, 0.1) is 4.88 Å². The lowest BCUT2D eigenvalue weighted by atomic mass is 10.1. The second-order valence-corrected chi connectivity index (χ2v) is 5.59. The number of aromatic nitrogens is 1. The number of nitrogens with two attached hydrogens (primary N) is 1. The van der Waals surface area contributed by atoms with Crippen LogP contribution in [0.15, 0.2) is 16.9 Å². The maximum Gasteiger partial charge on any atom is 0.181 e. The van der Waals surface area contributed by atoms with Gasteiger partial charge in [-0.1, -0.05) is 6.42 Å². The van der Waals surface area contributed by atoms with Crippen molar-refractivity contribution in [2.24, 2.45) is 5.73 Å². The molecule has 3 rings (SSSR count). The first-order valence-electron chi connectivity index (χ1n) is 6.13. The van der Waals surface area contributed by atoms with Gasteiger partial charge in [-0.05, 0) is 37.3 Å². The molecule has 0 aliphatic heterocycles. The molecule has 0 unspecified atom stereocenters. The van der Waals surface area contributed by atoms with E-state index < -0.39 is 0 Å². The average Bonchev–Trinajstić information content (AvgIpc) is 2.91. The molecule has 0 bridgehead atoms. The monoisotopic (exact) mass is 248 g/mol. The molecule has 17 heavy (non-hydrogen) atoms. The molecule has 2 heterocycles. The van der Waals surface area contributed by atoms with Crippen LogP contribution in [0.1, 0.15) is 35.4 Å². The van der Waals surface area contributed by atoms with Crippen LogP contribution >= 0.6 is 11.3 Å². The van der Waals surface area contributed by atoms with Crippen LogP contribution in [0.25, 0.3) is 10.6 Å². The number of fused-ring (bicyclic) bond motifs is 1. The van der Waals surface area contributed by atoms with E-state index in [0.717, 1.165) is 11.5 Å². The number of thiophene rings is 1. The minimum Gasteiger partial charge on any atom is -0.442 e. The van der Waals surface area contributed by atoms with Crippen LogP contribution in [0.5, 0.6) is 0 Å². The van der Waals surface area contributed by atoms with E-state index in [1.54, 1.807) is 0 Å². The van der Waals surface area contributed by atoms with Crippen molar-refractivity contribution in [1.82, 2.24) is 4.98 Å². The number of hydrogen-bond donors (Lipinski definition) is 1. The van der Waals surface area contributed by atoms with Gasteiger partial charge in [-0.25, -0.2) is 4.98 Å². The molecule has 3 nitrogen and oxygen atoms in total. The lowest BCUT2D eigenvalue weighted by Gasteiger charge is -1.95. The molecule has 2 N–H and O–H groups in total. The molecule has 0 saturated carbocycles. The van der Waals surface area contributed by atoms with Crippen molar-refractivity contribution in [2.75, 3.05) is 0 Å². The van der Waals surface area contributed by atoms with E-state index >= 15 is 0 Å². The van der Waals surface area contributed by atoms with E-state index in [9.17, 15) is 0 Å². The summed E-state index contributed by atoms with van der Waals surface area (Å²) in [5.74, 6) is 0.866. The summed E-state index contributed by atoms with van der Waals surface area (Å²) in [6.07, 6.45) is 7.88. The zero-order valence-corrected chi connectivity index (χ0v) is 10.6. The first-order chi connectivity index (χ1) is 8.38. The summed E-state index contributed by atoms with van der Waals surface area (Å²) in [6.45, 7) is 0.439. The Kier molecular flexibility index (Phi) is 2.99. The third kappa shape index (κ3) is 2.03. The summed E-state index contributed by atoms with van der Waals surface area (Å²) in [5.41, 5.74) is 8.03. The molecule has 0 fully saturated rings. The normalized spacial score (nSPS) is 15.6. The Labute approximate surface area is 105 Å². The van der Waals surface area contributed by atoms with Crippen molar-refractivity contribution in [3.63, 3.8) is 0 Å². The van der Waals surface area contributed by atoms with Crippen molar-refractivity contribution in [1.29, 1.82) is 0 Å². The maximum absolute atomic E-state index is 5.66. The molecule has 1 aliphatic rings. The Hall–Kier alpha value is -1.13. The van der Waals surface area contributed by atoms with E-state index in [0.29, 0.717) is 6.54 Å². The number of rotatable bonds is 2. The molecule has 0 amide bonds. The number of oxazole rings is 1. The van der Waals surface area contributed by atoms with Crippen molar-refractivity contribution < 1.29 is 4.42 Å². The summed E-state index contributed by atoms with van der Waals surface area (Å²) in [5, 5.41) is 0. The molecule has 0 aromatic carbocycles. The van der Waals surface area contributed by atoms with Crippen LogP contribution in [-0.4, -0.2) is 4.98 Å². The SMILES string of the molecule is NCc1ncoc1-c1cc2c(s1)CCCCC2. The third-order valence-corrected chi connectivity index (χ3v) is 4.54. The Bertz CT molecular complexity index is 492. The Morgan fingerprint density at radius 3 is 3.06 bits per heavy atom. The van der Waals surface area contributed by atoms with Crippen molar-refractivity contribution in [3.05, 3.63) is 28.6 Å². The topological polar surface area (TPSA) is 52.0 Å². The van der Waals surface area contributed by atoms with Gasteiger partial charge in [-0.15, -0.1) is 11.3 Å². The molecule has 0 saturated heterocycles. The van der Waals surface area contributed by atoms with Gasteiger partial charge in [0.15, 0.2) is 12.2 Å². The summed E-state index contributed by atoms with van der Waals surface area (Å²) in [7, 11) is 0. The van der Waals surface area contributed by atoms with E-state index in [4.69, 9.17) is 10.2 Å².